The van der Waals surface area contributed by atoms with Crippen LogP contribution in [0.2, 0.25) is 0 Å². The summed E-state index contributed by atoms with van der Waals surface area (Å²) in [5, 5.41) is -0.0737. The molecule has 27 heavy (non-hydrogen) atoms. The molecule has 2 aromatic rings. The Balaban J connectivity index is 1.65. The van der Waals surface area contributed by atoms with Gasteiger partial charge >= 0.3 is 0 Å². The number of anilines is 1. The maximum absolute atomic E-state index is 13.1. The number of rotatable bonds is 3. The van der Waals surface area contributed by atoms with E-state index >= 15 is 0 Å². The number of imidazole rings is 1. The summed E-state index contributed by atoms with van der Waals surface area (Å²) < 4.78 is 34.8. The summed E-state index contributed by atoms with van der Waals surface area (Å²) in [7, 11) is -2.13. The number of aryl methyl sites for hydroxylation is 1. The highest BCUT2D eigenvalue weighted by atomic mass is 32.2. The van der Waals surface area contributed by atoms with Crippen LogP contribution in [0.25, 0.3) is 0 Å². The van der Waals surface area contributed by atoms with Gasteiger partial charge in [0.15, 0.2) is 5.03 Å². The Bertz CT molecular complexity index is 969. The molecule has 0 saturated carbocycles. The first-order valence-electron chi connectivity index (χ1n) is 9.03. The van der Waals surface area contributed by atoms with E-state index < -0.39 is 10.0 Å². The summed E-state index contributed by atoms with van der Waals surface area (Å²) >= 11 is 0. The van der Waals surface area contributed by atoms with Crippen molar-refractivity contribution in [2.75, 3.05) is 17.9 Å². The maximum atomic E-state index is 13.1. The normalized spacial score (nSPS) is 20.1. The zero-order valence-electron chi connectivity index (χ0n) is 15.1. The Kier molecular flexibility index (Phi) is 4.55. The molecule has 0 spiro atoms. The van der Waals surface area contributed by atoms with Crippen molar-refractivity contribution in [1.82, 2.24) is 14.5 Å². The molecular weight excluding hydrogens is 368 g/mol. The highest BCUT2D eigenvalue weighted by Crippen LogP contribution is 2.31. The smallest absolute Gasteiger partial charge is 0.280 e. The van der Waals surface area contributed by atoms with Gasteiger partial charge in [0.25, 0.3) is 15.9 Å². The third-order valence-electron chi connectivity index (χ3n) is 5.02. The minimum atomic E-state index is -3.82. The van der Waals surface area contributed by atoms with Gasteiger partial charge in [-0.2, -0.15) is 8.42 Å². The molecule has 0 aliphatic carbocycles. The molecule has 0 bridgehead atoms. The molecule has 2 aliphatic rings. The van der Waals surface area contributed by atoms with Gasteiger partial charge in [-0.05, 0) is 37.5 Å². The van der Waals surface area contributed by atoms with Crippen LogP contribution in [0.1, 0.15) is 36.0 Å². The SMILES string of the molecule is Cn1cnc(S(=O)(=O)Nc2ccc3c(c2)C(=O)N2CCCCC2CCO3)c1. The van der Waals surface area contributed by atoms with E-state index in [-0.39, 0.29) is 17.0 Å². The molecule has 1 atom stereocenters. The number of nitrogens with zero attached hydrogens (tertiary/aromatic N) is 3. The zero-order valence-corrected chi connectivity index (χ0v) is 15.9. The molecule has 1 aromatic carbocycles. The fraction of sp³-hybridized carbons (Fsp3) is 0.444. The van der Waals surface area contributed by atoms with Gasteiger partial charge in [0.2, 0.25) is 0 Å². The topological polar surface area (TPSA) is 93.5 Å². The zero-order chi connectivity index (χ0) is 19.0. The van der Waals surface area contributed by atoms with Crippen LogP contribution in [0.4, 0.5) is 5.69 Å². The van der Waals surface area contributed by atoms with Crippen LogP contribution in [-0.2, 0) is 17.1 Å². The van der Waals surface area contributed by atoms with E-state index in [4.69, 9.17) is 4.74 Å². The minimum absolute atomic E-state index is 0.0737. The summed E-state index contributed by atoms with van der Waals surface area (Å²) in [6, 6.07) is 4.98. The summed E-state index contributed by atoms with van der Waals surface area (Å²) in [6.45, 7) is 1.27. The number of hydrogen-bond donors (Lipinski definition) is 1. The van der Waals surface area contributed by atoms with Crippen molar-refractivity contribution >= 4 is 21.6 Å². The molecule has 0 radical (unpaired) electrons. The summed E-state index contributed by atoms with van der Waals surface area (Å²) in [5.74, 6) is 0.387. The third kappa shape index (κ3) is 3.51. The molecule has 3 heterocycles. The molecule has 1 amide bonds. The average Bonchev–Trinajstić information content (AvgIpc) is 3.08. The quantitative estimate of drug-likeness (QED) is 0.865. The molecule has 1 aromatic heterocycles. The van der Waals surface area contributed by atoms with Crippen LogP contribution in [-0.4, -0.2) is 48.0 Å². The standard InChI is InChI=1S/C18H22N4O4S/c1-21-11-17(19-12-21)27(24,25)20-13-5-6-16-15(10-13)18(23)22-8-3-2-4-14(22)7-9-26-16/h5-6,10-12,14,20H,2-4,7-9H2,1H3. The average molecular weight is 390 g/mol. The second kappa shape index (κ2) is 6.88. The Morgan fingerprint density at radius 2 is 2.11 bits per heavy atom. The summed E-state index contributed by atoms with van der Waals surface area (Å²) in [5.41, 5.74) is 0.702. The fourth-order valence-electron chi connectivity index (χ4n) is 3.65. The number of aromatic nitrogens is 2. The molecule has 1 unspecified atom stereocenters. The third-order valence-corrected chi connectivity index (χ3v) is 6.28. The number of benzene rings is 1. The Hall–Kier alpha value is -2.55. The van der Waals surface area contributed by atoms with Crippen molar-refractivity contribution in [3.05, 3.63) is 36.3 Å². The van der Waals surface area contributed by atoms with E-state index in [0.717, 1.165) is 32.2 Å². The highest BCUT2D eigenvalue weighted by molar-refractivity contribution is 7.92. The van der Waals surface area contributed by atoms with E-state index in [2.05, 4.69) is 9.71 Å². The fourth-order valence-corrected chi connectivity index (χ4v) is 4.68. The lowest BCUT2D eigenvalue weighted by Gasteiger charge is -2.37. The second-order valence-electron chi connectivity index (χ2n) is 6.98. The lowest BCUT2D eigenvalue weighted by Crippen LogP contribution is -2.45. The molecule has 1 saturated heterocycles. The van der Waals surface area contributed by atoms with E-state index in [1.54, 1.807) is 29.8 Å². The Morgan fingerprint density at radius 3 is 2.89 bits per heavy atom. The van der Waals surface area contributed by atoms with Gasteiger partial charge in [0, 0.05) is 37.9 Å². The first-order valence-corrected chi connectivity index (χ1v) is 10.5. The first-order chi connectivity index (χ1) is 12.9. The van der Waals surface area contributed by atoms with E-state index in [1.165, 1.54) is 12.5 Å². The number of sulfonamides is 1. The predicted octanol–water partition coefficient (Wildman–Crippen LogP) is 2.00. The number of ether oxygens (including phenoxy) is 1. The van der Waals surface area contributed by atoms with Crippen molar-refractivity contribution in [1.29, 1.82) is 0 Å². The number of nitrogens with one attached hydrogen (secondary N) is 1. The number of carbonyl (C=O) groups excluding carboxylic acids is 1. The number of hydrogen-bond acceptors (Lipinski definition) is 5. The molecule has 144 valence electrons. The van der Waals surface area contributed by atoms with Crippen LogP contribution < -0.4 is 9.46 Å². The maximum Gasteiger partial charge on any atom is 0.280 e. The van der Waals surface area contributed by atoms with Crippen molar-refractivity contribution in [3.63, 3.8) is 0 Å². The van der Waals surface area contributed by atoms with Gasteiger partial charge in [-0.3, -0.25) is 9.52 Å². The summed E-state index contributed by atoms with van der Waals surface area (Å²) in [4.78, 5) is 18.9. The number of carbonyl (C=O) groups is 1. The number of piperidine rings is 1. The largest absolute Gasteiger partial charge is 0.493 e. The molecule has 4 rings (SSSR count). The van der Waals surface area contributed by atoms with Crippen LogP contribution in [0.15, 0.2) is 35.7 Å². The lowest BCUT2D eigenvalue weighted by atomic mass is 9.97. The monoisotopic (exact) mass is 390 g/mol. The van der Waals surface area contributed by atoms with Crippen molar-refractivity contribution in [3.8, 4) is 5.75 Å². The van der Waals surface area contributed by atoms with Gasteiger partial charge in [-0.25, -0.2) is 4.98 Å². The molecule has 1 N–H and O–H groups in total. The van der Waals surface area contributed by atoms with Gasteiger partial charge in [-0.15, -0.1) is 0 Å². The van der Waals surface area contributed by atoms with Crippen molar-refractivity contribution in [2.24, 2.45) is 7.05 Å². The molecule has 1 fully saturated rings. The Labute approximate surface area is 158 Å². The molecule has 2 aliphatic heterocycles. The molecule has 9 heteroatoms. The van der Waals surface area contributed by atoms with Crippen molar-refractivity contribution in [2.45, 2.75) is 36.8 Å². The lowest BCUT2D eigenvalue weighted by molar-refractivity contribution is 0.0548. The predicted molar refractivity (Wildman–Crippen MR) is 99.2 cm³/mol. The van der Waals surface area contributed by atoms with E-state index in [1.807, 2.05) is 4.90 Å². The second-order valence-corrected chi connectivity index (χ2v) is 8.61. The van der Waals surface area contributed by atoms with Gasteiger partial charge in [-0.1, -0.05) is 0 Å². The van der Waals surface area contributed by atoms with Crippen LogP contribution in [0.3, 0.4) is 0 Å². The molecular formula is C18H22N4O4S. The number of fused-ring (bicyclic) bond motifs is 2. The first kappa shape index (κ1) is 17.8. The molecule has 8 nitrogen and oxygen atoms in total. The van der Waals surface area contributed by atoms with Gasteiger partial charge < -0.3 is 14.2 Å². The minimum Gasteiger partial charge on any atom is -0.493 e. The number of amides is 1. The van der Waals surface area contributed by atoms with E-state index in [0.29, 0.717) is 23.6 Å². The highest BCUT2D eigenvalue weighted by Gasteiger charge is 2.31. The van der Waals surface area contributed by atoms with Crippen LogP contribution in [0, 0.1) is 0 Å². The van der Waals surface area contributed by atoms with E-state index in [9.17, 15) is 13.2 Å². The summed E-state index contributed by atoms with van der Waals surface area (Å²) in [6.07, 6.45) is 6.75. The van der Waals surface area contributed by atoms with Gasteiger partial charge in [0.05, 0.1) is 18.5 Å². The van der Waals surface area contributed by atoms with Gasteiger partial charge in [0.1, 0.15) is 5.75 Å². The van der Waals surface area contributed by atoms with Crippen molar-refractivity contribution < 1.29 is 17.9 Å². The van der Waals surface area contributed by atoms with Crippen LogP contribution in [0.5, 0.6) is 5.75 Å². The van der Waals surface area contributed by atoms with Crippen LogP contribution >= 0.6 is 0 Å². The Morgan fingerprint density at radius 1 is 1.26 bits per heavy atom.